The fourth-order valence-corrected chi connectivity index (χ4v) is 3.66. The summed E-state index contributed by atoms with van der Waals surface area (Å²) in [4.78, 5) is 4.84. The first-order valence-corrected chi connectivity index (χ1v) is 9.61. The van der Waals surface area contributed by atoms with E-state index in [4.69, 9.17) is 4.74 Å². The molecule has 0 saturated carbocycles. The van der Waals surface area contributed by atoms with Crippen LogP contribution in [0.2, 0.25) is 0 Å². The minimum absolute atomic E-state index is 0.0446. The number of hydrogen-bond acceptors (Lipinski definition) is 6. The number of methoxy groups -OCH3 is 1. The zero-order chi connectivity index (χ0) is 19.3. The van der Waals surface area contributed by atoms with Crippen molar-refractivity contribution in [3.05, 3.63) is 71.5 Å². The molecule has 1 aliphatic heterocycles. The lowest BCUT2D eigenvalue weighted by Gasteiger charge is -2.37. The van der Waals surface area contributed by atoms with Gasteiger partial charge in [0.1, 0.15) is 5.75 Å². The molecule has 1 aromatic heterocycles. The summed E-state index contributed by atoms with van der Waals surface area (Å²) < 4.78 is 7.17. The molecule has 0 radical (unpaired) electrons. The average molecular weight is 378 g/mol. The van der Waals surface area contributed by atoms with Gasteiger partial charge in [0.25, 0.3) is 0 Å². The molecule has 1 saturated heterocycles. The number of benzene rings is 2. The molecule has 0 N–H and O–H groups in total. The third-order valence-corrected chi connectivity index (χ3v) is 5.31. The standard InChI is InChI=1S/C21H26N6O/c1-25-12-14-26(15-13-25)20(18-6-4-3-5-7-18)21-22-23-24-27(21)16-17-8-10-19(28-2)11-9-17/h3-11,20H,12-16H2,1-2H3. The van der Waals surface area contributed by atoms with Crippen molar-refractivity contribution in [2.75, 3.05) is 40.3 Å². The Morgan fingerprint density at radius 1 is 0.964 bits per heavy atom. The number of tetrazole rings is 1. The van der Waals surface area contributed by atoms with Crippen LogP contribution in [0.3, 0.4) is 0 Å². The third-order valence-electron chi connectivity index (χ3n) is 5.31. The van der Waals surface area contributed by atoms with Crippen molar-refractivity contribution < 1.29 is 4.74 Å². The molecule has 4 rings (SSSR count). The molecule has 1 unspecified atom stereocenters. The molecule has 0 aliphatic carbocycles. The van der Waals surface area contributed by atoms with Gasteiger partial charge in [-0.2, -0.15) is 0 Å². The van der Waals surface area contributed by atoms with Crippen molar-refractivity contribution in [3.63, 3.8) is 0 Å². The van der Waals surface area contributed by atoms with E-state index in [2.05, 4.69) is 68.8 Å². The second-order valence-electron chi connectivity index (χ2n) is 7.20. The molecular formula is C21H26N6O. The van der Waals surface area contributed by atoms with Crippen molar-refractivity contribution in [2.24, 2.45) is 0 Å². The summed E-state index contributed by atoms with van der Waals surface area (Å²) in [5.41, 5.74) is 2.36. The van der Waals surface area contributed by atoms with Crippen molar-refractivity contribution >= 4 is 0 Å². The summed E-state index contributed by atoms with van der Waals surface area (Å²) in [6.07, 6.45) is 0. The van der Waals surface area contributed by atoms with E-state index < -0.39 is 0 Å². The van der Waals surface area contributed by atoms with Crippen LogP contribution in [0.4, 0.5) is 0 Å². The highest BCUT2D eigenvalue weighted by Gasteiger charge is 2.29. The first-order valence-electron chi connectivity index (χ1n) is 9.61. The lowest BCUT2D eigenvalue weighted by atomic mass is 10.0. The second-order valence-corrected chi connectivity index (χ2v) is 7.20. The van der Waals surface area contributed by atoms with Crippen LogP contribution < -0.4 is 4.74 Å². The Hall–Kier alpha value is -2.77. The van der Waals surface area contributed by atoms with Gasteiger partial charge in [0.2, 0.25) is 0 Å². The van der Waals surface area contributed by atoms with Gasteiger partial charge >= 0.3 is 0 Å². The SMILES string of the molecule is COc1ccc(Cn2nnnc2C(c2ccccc2)N2CCN(C)CC2)cc1. The minimum Gasteiger partial charge on any atom is -0.497 e. The molecule has 146 valence electrons. The predicted octanol–water partition coefficient (Wildman–Crippen LogP) is 2.07. The van der Waals surface area contributed by atoms with Crippen LogP contribution in [0.15, 0.2) is 54.6 Å². The first kappa shape index (κ1) is 18.6. The van der Waals surface area contributed by atoms with Crippen LogP contribution in [-0.4, -0.2) is 70.3 Å². The van der Waals surface area contributed by atoms with Crippen molar-refractivity contribution in [2.45, 2.75) is 12.6 Å². The molecule has 0 amide bonds. The molecule has 1 aliphatic rings. The highest BCUT2D eigenvalue weighted by molar-refractivity contribution is 5.28. The Kier molecular flexibility index (Phi) is 5.64. The van der Waals surface area contributed by atoms with Gasteiger partial charge in [-0.3, -0.25) is 4.90 Å². The van der Waals surface area contributed by atoms with E-state index in [0.717, 1.165) is 43.3 Å². The molecule has 0 bridgehead atoms. The summed E-state index contributed by atoms with van der Waals surface area (Å²) in [5.74, 6) is 1.73. The van der Waals surface area contributed by atoms with Gasteiger partial charge in [-0.25, -0.2) is 4.68 Å². The van der Waals surface area contributed by atoms with E-state index in [0.29, 0.717) is 6.54 Å². The zero-order valence-electron chi connectivity index (χ0n) is 16.4. The Labute approximate surface area is 165 Å². The lowest BCUT2D eigenvalue weighted by Crippen LogP contribution is -2.46. The maximum Gasteiger partial charge on any atom is 0.173 e. The summed E-state index contributed by atoms with van der Waals surface area (Å²) in [5, 5.41) is 12.7. The Morgan fingerprint density at radius 2 is 1.68 bits per heavy atom. The smallest absolute Gasteiger partial charge is 0.173 e. The van der Waals surface area contributed by atoms with Crippen LogP contribution in [0.1, 0.15) is 23.0 Å². The highest BCUT2D eigenvalue weighted by atomic mass is 16.5. The van der Waals surface area contributed by atoms with Crippen molar-refractivity contribution in [1.82, 2.24) is 30.0 Å². The summed E-state index contributed by atoms with van der Waals surface area (Å²) in [7, 11) is 3.84. The van der Waals surface area contributed by atoms with Crippen LogP contribution in [0.5, 0.6) is 5.75 Å². The van der Waals surface area contributed by atoms with Gasteiger partial charge in [-0.1, -0.05) is 42.5 Å². The van der Waals surface area contributed by atoms with Gasteiger partial charge < -0.3 is 9.64 Å². The number of aromatic nitrogens is 4. The number of piperazine rings is 1. The fraction of sp³-hybridized carbons (Fsp3) is 0.381. The third kappa shape index (κ3) is 4.05. The Morgan fingerprint density at radius 3 is 2.36 bits per heavy atom. The van der Waals surface area contributed by atoms with Gasteiger partial charge in [0, 0.05) is 26.2 Å². The fourth-order valence-electron chi connectivity index (χ4n) is 3.66. The van der Waals surface area contributed by atoms with Gasteiger partial charge in [-0.05, 0) is 40.7 Å². The monoisotopic (exact) mass is 378 g/mol. The Balaban J connectivity index is 1.64. The van der Waals surface area contributed by atoms with E-state index >= 15 is 0 Å². The van der Waals surface area contributed by atoms with Crippen LogP contribution in [0, 0.1) is 0 Å². The Bertz CT molecular complexity index is 871. The molecule has 3 aromatic rings. The summed E-state index contributed by atoms with van der Waals surface area (Å²) in [6, 6.07) is 18.6. The van der Waals surface area contributed by atoms with Crippen LogP contribution >= 0.6 is 0 Å². The molecule has 28 heavy (non-hydrogen) atoms. The maximum atomic E-state index is 5.25. The molecule has 0 spiro atoms. The van der Waals surface area contributed by atoms with Crippen LogP contribution in [0.25, 0.3) is 0 Å². The largest absolute Gasteiger partial charge is 0.497 e. The molecule has 7 heteroatoms. The quantitative estimate of drug-likeness (QED) is 0.654. The minimum atomic E-state index is 0.0446. The van der Waals surface area contributed by atoms with Crippen LogP contribution in [-0.2, 0) is 6.54 Å². The molecular weight excluding hydrogens is 352 g/mol. The van der Waals surface area contributed by atoms with E-state index in [1.54, 1.807) is 7.11 Å². The van der Waals surface area contributed by atoms with Gasteiger partial charge in [0.05, 0.1) is 19.7 Å². The van der Waals surface area contributed by atoms with E-state index in [-0.39, 0.29) is 6.04 Å². The van der Waals surface area contributed by atoms with Gasteiger partial charge in [0.15, 0.2) is 5.82 Å². The topological polar surface area (TPSA) is 59.3 Å². The number of ether oxygens (including phenoxy) is 1. The maximum absolute atomic E-state index is 5.25. The molecule has 1 fully saturated rings. The molecule has 1 atom stereocenters. The normalized spacial score (nSPS) is 16.8. The van der Waals surface area contributed by atoms with E-state index in [1.165, 1.54) is 5.56 Å². The molecule has 7 nitrogen and oxygen atoms in total. The average Bonchev–Trinajstić information content (AvgIpc) is 3.19. The molecule has 2 heterocycles. The number of rotatable bonds is 6. The predicted molar refractivity (Wildman–Crippen MR) is 107 cm³/mol. The summed E-state index contributed by atoms with van der Waals surface area (Å²) in [6.45, 7) is 4.70. The zero-order valence-corrected chi connectivity index (χ0v) is 16.4. The molecule has 2 aromatic carbocycles. The van der Waals surface area contributed by atoms with Crippen molar-refractivity contribution in [3.8, 4) is 5.75 Å². The first-order chi connectivity index (χ1) is 13.7. The highest BCUT2D eigenvalue weighted by Crippen LogP contribution is 2.28. The lowest BCUT2D eigenvalue weighted by molar-refractivity contribution is 0.121. The van der Waals surface area contributed by atoms with Crippen molar-refractivity contribution in [1.29, 1.82) is 0 Å². The second kappa shape index (κ2) is 8.50. The number of likely N-dealkylation sites (N-methyl/N-ethyl adjacent to an activating group) is 1. The number of nitrogens with zero attached hydrogens (tertiary/aromatic N) is 6. The van der Waals surface area contributed by atoms with E-state index in [1.807, 2.05) is 22.9 Å². The number of hydrogen-bond donors (Lipinski definition) is 0. The summed E-state index contributed by atoms with van der Waals surface area (Å²) >= 11 is 0. The van der Waals surface area contributed by atoms with Gasteiger partial charge in [-0.15, -0.1) is 5.10 Å². The van der Waals surface area contributed by atoms with E-state index in [9.17, 15) is 0 Å².